The van der Waals surface area contributed by atoms with Crippen LogP contribution in [0.3, 0.4) is 0 Å². The topological polar surface area (TPSA) is 107 Å². The number of halogens is 2. The van der Waals surface area contributed by atoms with E-state index in [1.165, 1.54) is 6.33 Å². The summed E-state index contributed by atoms with van der Waals surface area (Å²) >= 11 is 0. The average molecular weight is 562 g/mol. The molecule has 1 unspecified atom stereocenters. The van der Waals surface area contributed by atoms with Crippen molar-refractivity contribution in [3.05, 3.63) is 54.7 Å². The first-order valence-corrected chi connectivity index (χ1v) is 14.2. The minimum Gasteiger partial charge on any atom is -0.358 e. The van der Waals surface area contributed by atoms with Crippen molar-refractivity contribution in [2.75, 3.05) is 17.2 Å². The lowest BCUT2D eigenvalue weighted by atomic mass is 9.84. The highest BCUT2D eigenvalue weighted by molar-refractivity contribution is 5.93. The molecule has 0 bridgehead atoms. The predicted octanol–water partition coefficient (Wildman–Crippen LogP) is 6.79. The van der Waals surface area contributed by atoms with Crippen LogP contribution in [-0.2, 0) is 9.53 Å². The average Bonchev–Trinajstić information content (AvgIpc) is 3.41. The van der Waals surface area contributed by atoms with Crippen LogP contribution in [0.15, 0.2) is 49.2 Å². The number of rotatable bonds is 7. The van der Waals surface area contributed by atoms with Crippen molar-refractivity contribution in [2.24, 2.45) is 5.92 Å². The molecule has 0 spiro atoms. The number of fused-ring (bicyclic) bond motifs is 1. The number of pyridine rings is 1. The summed E-state index contributed by atoms with van der Waals surface area (Å²) in [4.78, 5) is 31.0. The zero-order valence-electron chi connectivity index (χ0n) is 22.9. The van der Waals surface area contributed by atoms with Gasteiger partial charge in [0.15, 0.2) is 5.65 Å². The van der Waals surface area contributed by atoms with Gasteiger partial charge in [-0.05, 0) is 74.8 Å². The van der Waals surface area contributed by atoms with Crippen molar-refractivity contribution in [1.82, 2.24) is 24.5 Å². The summed E-state index contributed by atoms with van der Waals surface area (Å²) in [5.74, 6) is -2.21. The fraction of sp³-hybridized carbons (Fsp3) is 0.433. The lowest BCUT2D eigenvalue weighted by Gasteiger charge is -2.27. The second-order valence-corrected chi connectivity index (χ2v) is 11.0. The van der Waals surface area contributed by atoms with Gasteiger partial charge in [0, 0.05) is 49.0 Å². The number of carbonyl (C=O) groups excluding carboxylic acids is 1. The Balaban J connectivity index is 1.22. The van der Waals surface area contributed by atoms with Gasteiger partial charge in [0.25, 0.3) is 0 Å². The van der Waals surface area contributed by atoms with Crippen LogP contribution in [0.5, 0.6) is 0 Å². The van der Waals surface area contributed by atoms with Gasteiger partial charge in [0.1, 0.15) is 29.6 Å². The standard InChI is InChI=1S/C30H33F2N7O2/c1-19-7-8-21(37-24(40)15-20-9-11-30(31,32)12-10-20)16-23(19)38-28-22(5-4-13-33-28)26-27-29(35-17-34-26)39(18-36-27)25-6-2-3-14-41-25/h4-5,7-8,13,16-18,20,25H,2-3,6,9-12,14-15H2,1H3,(H,33,38)(H,37,40). The van der Waals surface area contributed by atoms with Gasteiger partial charge in [-0.15, -0.1) is 0 Å². The number of ether oxygens (including phenoxy) is 1. The minimum atomic E-state index is -2.60. The van der Waals surface area contributed by atoms with E-state index in [4.69, 9.17) is 4.74 Å². The van der Waals surface area contributed by atoms with Crippen LogP contribution >= 0.6 is 0 Å². The van der Waals surface area contributed by atoms with Crippen molar-refractivity contribution in [3.63, 3.8) is 0 Å². The monoisotopic (exact) mass is 561 g/mol. The van der Waals surface area contributed by atoms with Gasteiger partial charge >= 0.3 is 0 Å². The Morgan fingerprint density at radius 1 is 1.10 bits per heavy atom. The molecule has 1 amide bonds. The Labute approximate surface area is 236 Å². The lowest BCUT2D eigenvalue weighted by molar-refractivity contribution is -0.118. The second-order valence-electron chi connectivity index (χ2n) is 11.0. The lowest BCUT2D eigenvalue weighted by Crippen LogP contribution is -2.27. The first-order valence-electron chi connectivity index (χ1n) is 14.2. The number of amides is 1. The van der Waals surface area contributed by atoms with Crippen LogP contribution in [-0.4, -0.2) is 42.9 Å². The third kappa shape index (κ3) is 6.04. The number of nitrogens with one attached hydrogen (secondary N) is 2. The number of aromatic nitrogens is 5. The van der Waals surface area contributed by atoms with Crippen LogP contribution in [0.1, 0.15) is 63.2 Å². The van der Waals surface area contributed by atoms with Crippen molar-refractivity contribution in [1.29, 1.82) is 0 Å². The van der Waals surface area contributed by atoms with Gasteiger partial charge in [-0.2, -0.15) is 0 Å². The van der Waals surface area contributed by atoms with Crippen LogP contribution in [0.25, 0.3) is 22.4 Å². The van der Waals surface area contributed by atoms with E-state index in [9.17, 15) is 13.6 Å². The number of aryl methyl sites for hydroxylation is 1. The van der Waals surface area contributed by atoms with Crippen molar-refractivity contribution in [3.8, 4) is 11.3 Å². The molecule has 1 saturated heterocycles. The van der Waals surface area contributed by atoms with Gasteiger partial charge < -0.3 is 15.4 Å². The molecule has 1 aromatic carbocycles. The summed E-state index contributed by atoms with van der Waals surface area (Å²) in [6.45, 7) is 2.69. The zero-order chi connectivity index (χ0) is 28.4. The SMILES string of the molecule is Cc1ccc(NC(=O)CC2CCC(F)(F)CC2)cc1Nc1ncccc1-c1ncnc2c1ncn2C1CCCCO1. The van der Waals surface area contributed by atoms with E-state index in [1.54, 1.807) is 12.5 Å². The van der Waals surface area contributed by atoms with Crippen LogP contribution in [0, 0.1) is 12.8 Å². The van der Waals surface area contributed by atoms with E-state index in [0.717, 1.165) is 42.7 Å². The van der Waals surface area contributed by atoms with E-state index < -0.39 is 5.92 Å². The molecule has 1 atom stereocenters. The molecule has 2 aliphatic rings. The Morgan fingerprint density at radius 3 is 2.76 bits per heavy atom. The molecule has 3 aromatic heterocycles. The van der Waals surface area contributed by atoms with Crippen molar-refractivity contribution >= 4 is 34.3 Å². The number of hydrogen-bond acceptors (Lipinski definition) is 7. The molecule has 11 heteroatoms. The fourth-order valence-corrected chi connectivity index (χ4v) is 5.64. The molecule has 6 rings (SSSR count). The summed E-state index contributed by atoms with van der Waals surface area (Å²) in [7, 11) is 0. The van der Waals surface area contributed by atoms with Gasteiger partial charge in [-0.1, -0.05) is 6.07 Å². The predicted molar refractivity (Wildman–Crippen MR) is 152 cm³/mol. The minimum absolute atomic E-state index is 0.0217. The molecular formula is C30H33F2N7O2. The molecular weight excluding hydrogens is 528 g/mol. The number of carbonyl (C=O) groups is 1. The highest BCUT2D eigenvalue weighted by atomic mass is 19.3. The molecule has 1 saturated carbocycles. The number of alkyl halides is 2. The molecule has 2 fully saturated rings. The van der Waals surface area contributed by atoms with E-state index in [1.807, 2.05) is 41.8 Å². The van der Waals surface area contributed by atoms with Gasteiger partial charge in [-0.3, -0.25) is 9.36 Å². The maximum absolute atomic E-state index is 13.5. The third-order valence-corrected chi connectivity index (χ3v) is 7.97. The van der Waals surface area contributed by atoms with Crippen molar-refractivity contribution in [2.45, 2.75) is 70.4 Å². The van der Waals surface area contributed by atoms with Crippen LogP contribution in [0.4, 0.5) is 26.0 Å². The maximum Gasteiger partial charge on any atom is 0.248 e. The number of nitrogens with zero attached hydrogens (tertiary/aromatic N) is 5. The first-order chi connectivity index (χ1) is 19.9. The smallest absolute Gasteiger partial charge is 0.248 e. The van der Waals surface area contributed by atoms with E-state index >= 15 is 0 Å². The van der Waals surface area contributed by atoms with Gasteiger partial charge in [0.2, 0.25) is 11.8 Å². The highest BCUT2D eigenvalue weighted by Gasteiger charge is 2.35. The Morgan fingerprint density at radius 2 is 1.95 bits per heavy atom. The summed E-state index contributed by atoms with van der Waals surface area (Å²) < 4.78 is 34.9. The number of benzene rings is 1. The molecule has 9 nitrogen and oxygen atoms in total. The molecule has 41 heavy (non-hydrogen) atoms. The number of anilines is 3. The largest absolute Gasteiger partial charge is 0.358 e. The quantitative estimate of drug-likeness (QED) is 0.256. The molecule has 4 heterocycles. The number of imidazole rings is 1. The molecule has 214 valence electrons. The molecule has 1 aliphatic carbocycles. The second kappa shape index (κ2) is 11.5. The van der Waals surface area contributed by atoms with E-state index in [-0.39, 0.29) is 37.3 Å². The summed E-state index contributed by atoms with van der Waals surface area (Å²) in [5, 5.41) is 6.35. The first kappa shape index (κ1) is 27.2. The molecule has 0 radical (unpaired) electrons. The van der Waals surface area contributed by atoms with Gasteiger partial charge in [-0.25, -0.2) is 28.7 Å². The highest BCUT2D eigenvalue weighted by Crippen LogP contribution is 2.38. The van der Waals surface area contributed by atoms with Gasteiger partial charge in [0.05, 0.1) is 6.33 Å². The summed E-state index contributed by atoms with van der Waals surface area (Å²) in [6, 6.07) is 9.38. The Bertz CT molecular complexity index is 1540. The van der Waals surface area contributed by atoms with E-state index in [2.05, 4.69) is 30.6 Å². The molecule has 2 N–H and O–H groups in total. The fourth-order valence-electron chi connectivity index (χ4n) is 5.64. The zero-order valence-corrected chi connectivity index (χ0v) is 22.9. The Kier molecular flexibility index (Phi) is 7.61. The molecule has 4 aromatic rings. The number of hydrogen-bond donors (Lipinski definition) is 2. The summed E-state index contributed by atoms with van der Waals surface area (Å²) in [6.07, 6.45) is 8.63. The summed E-state index contributed by atoms with van der Waals surface area (Å²) in [5.41, 5.74) is 5.14. The van der Waals surface area contributed by atoms with E-state index in [0.29, 0.717) is 41.2 Å². The van der Waals surface area contributed by atoms with Crippen molar-refractivity contribution < 1.29 is 18.3 Å². The third-order valence-electron chi connectivity index (χ3n) is 7.97. The normalized spacial score (nSPS) is 19.2. The Hall–Kier alpha value is -3.99. The van der Waals surface area contributed by atoms with Crippen LogP contribution in [0.2, 0.25) is 0 Å². The maximum atomic E-state index is 13.5. The van der Waals surface area contributed by atoms with Crippen LogP contribution < -0.4 is 10.6 Å². The molecule has 1 aliphatic heterocycles.